The zero-order valence-corrected chi connectivity index (χ0v) is 24.4. The second-order valence-electron chi connectivity index (χ2n) is 11.4. The van der Waals surface area contributed by atoms with E-state index in [2.05, 4.69) is 40.8 Å². The lowest BCUT2D eigenvalue weighted by Gasteiger charge is -2.39. The lowest BCUT2D eigenvalue weighted by atomic mass is 9.93. The van der Waals surface area contributed by atoms with Crippen LogP contribution in [0.2, 0.25) is 18.1 Å². The number of ether oxygens (including phenoxy) is 3. The minimum Gasteiger partial charge on any atom is -0.497 e. The summed E-state index contributed by atoms with van der Waals surface area (Å²) in [5.74, 6) is 1.01. The van der Waals surface area contributed by atoms with Gasteiger partial charge in [-0.05, 0) is 55.1 Å². The zero-order chi connectivity index (χ0) is 25.9. The summed E-state index contributed by atoms with van der Waals surface area (Å²) in [4.78, 5) is 12.7. The summed E-state index contributed by atoms with van der Waals surface area (Å²) in [5.41, 5.74) is 1.06. The molecule has 0 aliphatic carbocycles. The van der Waals surface area contributed by atoms with Gasteiger partial charge in [-0.25, -0.2) is 0 Å². The van der Waals surface area contributed by atoms with Crippen LogP contribution >= 0.6 is 0 Å². The van der Waals surface area contributed by atoms with Gasteiger partial charge in [-0.15, -0.1) is 0 Å². The molecule has 5 nitrogen and oxygen atoms in total. The molecule has 0 fully saturated rings. The Morgan fingerprint density at radius 3 is 2.18 bits per heavy atom. The zero-order valence-electron chi connectivity index (χ0n) is 23.4. The number of rotatable bonds is 15. The van der Waals surface area contributed by atoms with E-state index < -0.39 is 8.32 Å². The number of methoxy groups -OCH3 is 1. The highest BCUT2D eigenvalue weighted by Gasteiger charge is 2.39. The molecular formula is C28H50O5Si. The predicted octanol–water partition coefficient (Wildman–Crippen LogP) is 7.39. The van der Waals surface area contributed by atoms with Gasteiger partial charge in [0.15, 0.2) is 8.32 Å². The van der Waals surface area contributed by atoms with Gasteiger partial charge < -0.3 is 18.6 Å². The fourth-order valence-corrected chi connectivity index (χ4v) is 4.56. The molecule has 6 heteroatoms. The van der Waals surface area contributed by atoms with Crippen molar-refractivity contribution in [1.29, 1.82) is 0 Å². The van der Waals surface area contributed by atoms with Crippen molar-refractivity contribution < 1.29 is 23.4 Å². The molecule has 196 valence electrons. The molecular weight excluding hydrogens is 444 g/mol. The molecule has 0 bridgehead atoms. The second-order valence-corrected chi connectivity index (χ2v) is 16.2. The van der Waals surface area contributed by atoms with E-state index in [1.165, 1.54) is 0 Å². The van der Waals surface area contributed by atoms with Gasteiger partial charge in [0.1, 0.15) is 11.9 Å². The van der Waals surface area contributed by atoms with Crippen LogP contribution in [0, 0.1) is 11.8 Å². The molecule has 0 heterocycles. The van der Waals surface area contributed by atoms with Gasteiger partial charge in [0.25, 0.3) is 0 Å². The first-order chi connectivity index (χ1) is 15.8. The Hall–Kier alpha value is -1.37. The molecule has 0 unspecified atom stereocenters. The predicted molar refractivity (Wildman–Crippen MR) is 143 cm³/mol. The van der Waals surface area contributed by atoms with Crippen LogP contribution < -0.4 is 4.74 Å². The Labute approximate surface area is 210 Å². The third kappa shape index (κ3) is 10.5. The number of benzene rings is 1. The SMILES string of the molecule is CCCC[C@@H](CO[Si](C)(C)C(C)(C)C)[C@@H](OC(=O)CC(C)C)[C@H](C)OCc1ccc(OC)cc1. The highest BCUT2D eigenvalue weighted by atomic mass is 28.4. The van der Waals surface area contributed by atoms with E-state index >= 15 is 0 Å². The molecule has 0 spiro atoms. The molecule has 0 saturated carbocycles. The number of unbranched alkanes of at least 4 members (excludes halogenated alkanes) is 1. The van der Waals surface area contributed by atoms with Crippen LogP contribution in [-0.4, -0.2) is 40.2 Å². The minimum absolute atomic E-state index is 0.0936. The van der Waals surface area contributed by atoms with Gasteiger partial charge in [0, 0.05) is 18.9 Å². The standard InChI is InChI=1S/C28H50O5Si/c1-11-12-13-24(20-32-34(9,10)28(5,6)7)27(33-26(29)18-21(2)3)22(4)31-19-23-14-16-25(30-8)17-15-23/h14-17,21-22,24,27H,11-13,18-20H2,1-10H3/t22-,24-,27-/m0/s1. The molecule has 1 aromatic rings. The molecule has 0 aromatic heterocycles. The Kier molecular flexibility index (Phi) is 12.8. The van der Waals surface area contributed by atoms with E-state index in [1.54, 1.807) is 7.11 Å². The maximum atomic E-state index is 12.7. The fraction of sp³-hybridized carbons (Fsp3) is 0.750. The highest BCUT2D eigenvalue weighted by Crippen LogP contribution is 2.37. The van der Waals surface area contributed by atoms with Gasteiger partial charge in [0.05, 0.1) is 19.8 Å². The Morgan fingerprint density at radius 1 is 1.06 bits per heavy atom. The number of carbonyl (C=O) groups excluding carboxylic acids is 1. The average Bonchev–Trinajstić information content (AvgIpc) is 2.75. The summed E-state index contributed by atoms with van der Waals surface area (Å²) < 4.78 is 24.2. The van der Waals surface area contributed by atoms with Crippen molar-refractivity contribution in [2.75, 3.05) is 13.7 Å². The van der Waals surface area contributed by atoms with Gasteiger partial charge in [-0.2, -0.15) is 0 Å². The van der Waals surface area contributed by atoms with Crippen molar-refractivity contribution in [2.45, 2.75) is 111 Å². The maximum Gasteiger partial charge on any atom is 0.306 e. The van der Waals surface area contributed by atoms with Gasteiger partial charge in [0.2, 0.25) is 0 Å². The first-order valence-corrected chi connectivity index (χ1v) is 15.8. The van der Waals surface area contributed by atoms with Crippen LogP contribution in [0.5, 0.6) is 5.75 Å². The summed E-state index contributed by atoms with van der Waals surface area (Å²) in [5, 5.41) is 0.128. The van der Waals surface area contributed by atoms with E-state index in [4.69, 9.17) is 18.6 Å². The van der Waals surface area contributed by atoms with E-state index in [1.807, 2.05) is 45.0 Å². The molecule has 0 aliphatic rings. The Bertz CT molecular complexity index is 709. The Balaban J connectivity index is 3.04. The van der Waals surface area contributed by atoms with Crippen LogP contribution in [0.1, 0.15) is 79.7 Å². The van der Waals surface area contributed by atoms with Crippen molar-refractivity contribution in [3.63, 3.8) is 0 Å². The van der Waals surface area contributed by atoms with Crippen LogP contribution in [0.4, 0.5) is 0 Å². The van der Waals surface area contributed by atoms with E-state index in [0.29, 0.717) is 19.6 Å². The fourth-order valence-electron chi connectivity index (χ4n) is 3.49. The molecule has 0 saturated heterocycles. The topological polar surface area (TPSA) is 54.0 Å². The summed E-state index contributed by atoms with van der Waals surface area (Å²) in [6.45, 7) is 20.6. The molecule has 1 rings (SSSR count). The smallest absolute Gasteiger partial charge is 0.306 e. The summed E-state index contributed by atoms with van der Waals surface area (Å²) >= 11 is 0. The summed E-state index contributed by atoms with van der Waals surface area (Å²) in [7, 11) is -0.268. The average molecular weight is 495 g/mol. The van der Waals surface area contributed by atoms with E-state index in [9.17, 15) is 4.79 Å². The minimum atomic E-state index is -1.93. The first-order valence-electron chi connectivity index (χ1n) is 12.9. The third-order valence-electron chi connectivity index (χ3n) is 6.83. The van der Waals surface area contributed by atoms with Crippen molar-refractivity contribution in [2.24, 2.45) is 11.8 Å². The van der Waals surface area contributed by atoms with Crippen LogP contribution in [0.3, 0.4) is 0 Å². The second kappa shape index (κ2) is 14.3. The van der Waals surface area contributed by atoms with Crippen LogP contribution in [0.25, 0.3) is 0 Å². The molecule has 3 atom stereocenters. The van der Waals surface area contributed by atoms with Crippen molar-refractivity contribution in [3.8, 4) is 5.75 Å². The number of esters is 1. The van der Waals surface area contributed by atoms with Gasteiger partial charge >= 0.3 is 5.97 Å². The van der Waals surface area contributed by atoms with Crippen LogP contribution in [0.15, 0.2) is 24.3 Å². The van der Waals surface area contributed by atoms with Crippen LogP contribution in [-0.2, 0) is 25.3 Å². The first kappa shape index (κ1) is 30.7. The van der Waals surface area contributed by atoms with Crippen molar-refractivity contribution in [3.05, 3.63) is 29.8 Å². The lowest BCUT2D eigenvalue weighted by molar-refractivity contribution is -0.165. The molecule has 0 amide bonds. The van der Waals surface area contributed by atoms with E-state index in [-0.39, 0.29) is 35.1 Å². The lowest BCUT2D eigenvalue weighted by Crippen LogP contribution is -2.45. The monoisotopic (exact) mass is 494 g/mol. The largest absolute Gasteiger partial charge is 0.497 e. The summed E-state index contributed by atoms with van der Waals surface area (Å²) in [6.07, 6.45) is 2.91. The number of hydrogen-bond donors (Lipinski definition) is 0. The Morgan fingerprint density at radius 2 is 1.68 bits per heavy atom. The molecule has 0 N–H and O–H groups in total. The van der Waals surface area contributed by atoms with Gasteiger partial charge in [-0.3, -0.25) is 4.79 Å². The molecule has 0 radical (unpaired) electrons. The molecule has 1 aromatic carbocycles. The number of carbonyl (C=O) groups is 1. The molecule has 34 heavy (non-hydrogen) atoms. The maximum absolute atomic E-state index is 12.7. The number of hydrogen-bond acceptors (Lipinski definition) is 5. The quantitative estimate of drug-likeness (QED) is 0.188. The van der Waals surface area contributed by atoms with Crippen molar-refractivity contribution in [1.82, 2.24) is 0 Å². The summed E-state index contributed by atoms with van der Waals surface area (Å²) in [6, 6.07) is 7.86. The van der Waals surface area contributed by atoms with E-state index in [0.717, 1.165) is 30.6 Å². The normalized spacial score (nSPS) is 15.1. The molecule has 0 aliphatic heterocycles. The highest BCUT2D eigenvalue weighted by molar-refractivity contribution is 6.74. The van der Waals surface area contributed by atoms with Gasteiger partial charge in [-0.1, -0.05) is 66.5 Å². The van der Waals surface area contributed by atoms with Crippen molar-refractivity contribution >= 4 is 14.3 Å². The third-order valence-corrected chi connectivity index (χ3v) is 11.3.